The van der Waals surface area contributed by atoms with Crippen molar-refractivity contribution in [2.45, 2.75) is 13.8 Å². The summed E-state index contributed by atoms with van der Waals surface area (Å²) >= 11 is 0. The summed E-state index contributed by atoms with van der Waals surface area (Å²) in [4.78, 5) is 7.26. The lowest BCUT2D eigenvalue weighted by atomic mass is 10.1. The Bertz CT molecular complexity index is 448. The van der Waals surface area contributed by atoms with Crippen LogP contribution >= 0.6 is 0 Å². The molecule has 0 saturated heterocycles. The second-order valence-corrected chi connectivity index (χ2v) is 3.40. The van der Waals surface area contributed by atoms with Crippen molar-refractivity contribution in [2.75, 3.05) is 0 Å². The summed E-state index contributed by atoms with van der Waals surface area (Å²) in [6, 6.07) is 6.21. The summed E-state index contributed by atoms with van der Waals surface area (Å²) in [5.74, 6) is 0. The summed E-state index contributed by atoms with van der Waals surface area (Å²) in [7, 11) is 0. The van der Waals surface area contributed by atoms with Gasteiger partial charge in [-0.2, -0.15) is 0 Å². The van der Waals surface area contributed by atoms with Gasteiger partial charge in [-0.15, -0.1) is 0 Å². The largest absolute Gasteiger partial charge is 0.345 e. The molecule has 1 aromatic heterocycles. The predicted molar refractivity (Wildman–Crippen MR) is 55.4 cm³/mol. The van der Waals surface area contributed by atoms with Crippen LogP contribution in [-0.2, 0) is 0 Å². The molecule has 0 aliphatic heterocycles. The first-order chi connectivity index (χ1) is 6.25. The number of allylic oxidation sites excluding steroid dienone is 1. The third-order valence-electron chi connectivity index (χ3n) is 1.90. The van der Waals surface area contributed by atoms with Crippen LogP contribution in [0.1, 0.15) is 19.4 Å². The summed E-state index contributed by atoms with van der Waals surface area (Å²) in [5, 5.41) is 0. The van der Waals surface area contributed by atoms with Crippen LogP contribution in [-0.4, -0.2) is 9.97 Å². The molecule has 0 aliphatic rings. The molecule has 0 fully saturated rings. The van der Waals surface area contributed by atoms with Crippen LogP contribution in [0.3, 0.4) is 0 Å². The van der Waals surface area contributed by atoms with E-state index in [0.29, 0.717) is 0 Å². The average Bonchev–Trinajstić information content (AvgIpc) is 2.49. The van der Waals surface area contributed by atoms with E-state index in [-0.39, 0.29) is 0 Å². The van der Waals surface area contributed by atoms with Gasteiger partial charge in [0.05, 0.1) is 17.4 Å². The molecule has 66 valence electrons. The highest BCUT2D eigenvalue weighted by Gasteiger charge is 1.95. The maximum atomic E-state index is 4.16. The number of H-pyrrole nitrogens is 1. The third kappa shape index (κ3) is 1.61. The maximum Gasteiger partial charge on any atom is 0.0931 e. The molecule has 1 N–H and O–H groups in total. The highest BCUT2D eigenvalue weighted by atomic mass is 14.9. The molecule has 0 amide bonds. The Morgan fingerprint density at radius 2 is 2.23 bits per heavy atom. The van der Waals surface area contributed by atoms with Gasteiger partial charge >= 0.3 is 0 Å². The van der Waals surface area contributed by atoms with E-state index in [1.54, 1.807) is 6.33 Å². The quantitative estimate of drug-likeness (QED) is 0.703. The van der Waals surface area contributed by atoms with Crippen molar-refractivity contribution in [2.24, 2.45) is 0 Å². The number of rotatable bonds is 1. The number of hydrogen-bond acceptors (Lipinski definition) is 1. The van der Waals surface area contributed by atoms with Crippen molar-refractivity contribution in [3.63, 3.8) is 0 Å². The number of nitrogens with one attached hydrogen (secondary N) is 1. The minimum absolute atomic E-state index is 1.02. The smallest absolute Gasteiger partial charge is 0.0931 e. The SMILES string of the molecule is CC(C)=Cc1ccc2nc[nH]c2c1. The number of benzene rings is 1. The topological polar surface area (TPSA) is 28.7 Å². The first kappa shape index (κ1) is 8.05. The molecule has 2 heteroatoms. The van der Waals surface area contributed by atoms with Crippen molar-refractivity contribution < 1.29 is 0 Å². The molecule has 2 nitrogen and oxygen atoms in total. The van der Waals surface area contributed by atoms with E-state index in [9.17, 15) is 0 Å². The Morgan fingerprint density at radius 1 is 1.38 bits per heavy atom. The zero-order chi connectivity index (χ0) is 9.26. The van der Waals surface area contributed by atoms with Gasteiger partial charge in [-0.1, -0.05) is 17.7 Å². The minimum atomic E-state index is 1.02. The lowest BCUT2D eigenvalue weighted by molar-refractivity contribution is 1.34. The van der Waals surface area contributed by atoms with Crippen LogP contribution in [0.15, 0.2) is 30.1 Å². The van der Waals surface area contributed by atoms with Crippen LogP contribution in [0, 0.1) is 0 Å². The predicted octanol–water partition coefficient (Wildman–Crippen LogP) is 2.99. The number of fused-ring (bicyclic) bond motifs is 1. The van der Waals surface area contributed by atoms with Gasteiger partial charge in [-0.25, -0.2) is 4.98 Å². The number of aromatic amines is 1. The van der Waals surface area contributed by atoms with Gasteiger partial charge in [0.2, 0.25) is 0 Å². The van der Waals surface area contributed by atoms with Gasteiger partial charge in [0, 0.05) is 0 Å². The van der Waals surface area contributed by atoms with E-state index in [1.165, 1.54) is 11.1 Å². The average molecular weight is 172 g/mol. The molecule has 1 heterocycles. The Kier molecular flexibility index (Phi) is 1.89. The summed E-state index contributed by atoms with van der Waals surface area (Å²) in [5.41, 5.74) is 4.64. The van der Waals surface area contributed by atoms with Crippen LogP contribution in [0.5, 0.6) is 0 Å². The fraction of sp³-hybridized carbons (Fsp3) is 0.182. The molecule has 0 unspecified atom stereocenters. The van der Waals surface area contributed by atoms with E-state index < -0.39 is 0 Å². The van der Waals surface area contributed by atoms with Crippen LogP contribution in [0.25, 0.3) is 17.1 Å². The lowest BCUT2D eigenvalue weighted by Crippen LogP contribution is -1.74. The molecule has 0 spiro atoms. The maximum absolute atomic E-state index is 4.16. The Morgan fingerprint density at radius 3 is 3.00 bits per heavy atom. The third-order valence-corrected chi connectivity index (χ3v) is 1.90. The van der Waals surface area contributed by atoms with Crippen LogP contribution in [0.4, 0.5) is 0 Å². The molecule has 2 aromatic rings. The second kappa shape index (κ2) is 3.05. The number of aromatic nitrogens is 2. The summed E-state index contributed by atoms with van der Waals surface area (Å²) < 4.78 is 0. The molecule has 13 heavy (non-hydrogen) atoms. The van der Waals surface area contributed by atoms with Crippen molar-refractivity contribution in [3.05, 3.63) is 35.7 Å². The zero-order valence-electron chi connectivity index (χ0n) is 7.83. The van der Waals surface area contributed by atoms with Crippen molar-refractivity contribution in [1.82, 2.24) is 9.97 Å². The molecule has 0 radical (unpaired) electrons. The van der Waals surface area contributed by atoms with Crippen LogP contribution in [0.2, 0.25) is 0 Å². The van der Waals surface area contributed by atoms with Gasteiger partial charge in [0.15, 0.2) is 0 Å². The lowest BCUT2D eigenvalue weighted by Gasteiger charge is -1.94. The molecule has 2 rings (SSSR count). The zero-order valence-corrected chi connectivity index (χ0v) is 7.83. The molecular weight excluding hydrogens is 160 g/mol. The van der Waals surface area contributed by atoms with Crippen molar-refractivity contribution >= 4 is 17.1 Å². The van der Waals surface area contributed by atoms with Gasteiger partial charge in [-0.3, -0.25) is 0 Å². The number of imidazole rings is 1. The standard InChI is InChI=1S/C11H12N2/c1-8(2)5-9-3-4-10-11(6-9)13-7-12-10/h3-7H,1-2H3,(H,12,13). The van der Waals surface area contributed by atoms with Crippen LogP contribution < -0.4 is 0 Å². The van der Waals surface area contributed by atoms with Crippen molar-refractivity contribution in [3.8, 4) is 0 Å². The number of hydrogen-bond donors (Lipinski definition) is 1. The van der Waals surface area contributed by atoms with Gasteiger partial charge in [-0.05, 0) is 31.5 Å². The van der Waals surface area contributed by atoms with E-state index in [0.717, 1.165) is 11.0 Å². The van der Waals surface area contributed by atoms with E-state index in [4.69, 9.17) is 0 Å². The van der Waals surface area contributed by atoms with Gasteiger partial charge in [0.25, 0.3) is 0 Å². The normalized spacial score (nSPS) is 10.3. The molecule has 1 aromatic carbocycles. The van der Waals surface area contributed by atoms with E-state index >= 15 is 0 Å². The van der Waals surface area contributed by atoms with E-state index in [2.05, 4.69) is 42.0 Å². The molecule has 0 aliphatic carbocycles. The first-order valence-corrected chi connectivity index (χ1v) is 4.34. The molecule has 0 saturated carbocycles. The molecule has 0 atom stereocenters. The van der Waals surface area contributed by atoms with Crippen molar-refractivity contribution in [1.29, 1.82) is 0 Å². The first-order valence-electron chi connectivity index (χ1n) is 4.34. The fourth-order valence-electron chi connectivity index (χ4n) is 1.38. The number of nitrogens with zero attached hydrogens (tertiary/aromatic N) is 1. The monoisotopic (exact) mass is 172 g/mol. The molecule has 0 bridgehead atoms. The second-order valence-electron chi connectivity index (χ2n) is 3.40. The molecular formula is C11H12N2. The highest BCUT2D eigenvalue weighted by molar-refractivity contribution is 5.77. The fourth-order valence-corrected chi connectivity index (χ4v) is 1.38. The Hall–Kier alpha value is -1.57. The highest BCUT2D eigenvalue weighted by Crippen LogP contribution is 2.13. The van der Waals surface area contributed by atoms with E-state index in [1.807, 2.05) is 6.07 Å². The Balaban J connectivity index is 2.54. The minimum Gasteiger partial charge on any atom is -0.345 e. The summed E-state index contributed by atoms with van der Waals surface area (Å²) in [6.45, 7) is 4.19. The van der Waals surface area contributed by atoms with Gasteiger partial charge < -0.3 is 4.98 Å². The summed E-state index contributed by atoms with van der Waals surface area (Å²) in [6.07, 6.45) is 3.87. The van der Waals surface area contributed by atoms with Gasteiger partial charge in [0.1, 0.15) is 0 Å². The Labute approximate surface area is 77.3 Å².